The minimum atomic E-state index is -1.01. The van der Waals surface area contributed by atoms with Gasteiger partial charge in [0.15, 0.2) is 0 Å². The van der Waals surface area contributed by atoms with Gasteiger partial charge < -0.3 is 9.84 Å². The zero-order valence-electron chi connectivity index (χ0n) is 12.2. The van der Waals surface area contributed by atoms with Crippen molar-refractivity contribution >= 4 is 40.2 Å². The number of rotatable bonds is 4. The molecule has 0 bridgehead atoms. The van der Waals surface area contributed by atoms with E-state index in [4.69, 9.17) is 4.74 Å². The number of fused-ring (bicyclic) bond motifs is 1. The molecule has 1 aliphatic heterocycles. The molecule has 0 saturated heterocycles. The zero-order valence-corrected chi connectivity index (χ0v) is 13.8. The Balaban J connectivity index is 1.71. The molecule has 1 aliphatic rings. The second kappa shape index (κ2) is 7.06. The van der Waals surface area contributed by atoms with E-state index in [9.17, 15) is 14.7 Å². The lowest BCUT2D eigenvalue weighted by molar-refractivity contribution is 0.0697. The number of carbonyl (C=O) groups is 2. The fraction of sp³-hybridized carbons (Fsp3) is 0.250. The Morgan fingerprint density at radius 2 is 2.04 bits per heavy atom. The van der Waals surface area contributed by atoms with E-state index in [1.54, 1.807) is 11.8 Å². The Labute approximate surface area is 141 Å². The first-order valence-corrected chi connectivity index (χ1v) is 8.95. The molecule has 1 aromatic heterocycles. The van der Waals surface area contributed by atoms with Crippen LogP contribution in [0.3, 0.4) is 0 Å². The average molecular weight is 349 g/mol. The van der Waals surface area contributed by atoms with Crippen molar-refractivity contribution in [2.75, 3.05) is 11.1 Å². The van der Waals surface area contributed by atoms with Crippen molar-refractivity contribution in [3.63, 3.8) is 0 Å². The standard InChI is InChI=1S/C16H15NO4S2/c18-14(19)12-11-7-4-8-22-15(11)23-13(12)17-16(20)21-9-10-5-2-1-3-6-10/h1-3,5-6H,4,7-9H2,(H,17,20)(H,18,19). The van der Waals surface area contributed by atoms with Gasteiger partial charge in [-0.2, -0.15) is 0 Å². The molecule has 0 radical (unpaired) electrons. The number of aromatic carboxylic acids is 1. The van der Waals surface area contributed by atoms with Gasteiger partial charge in [0.1, 0.15) is 11.6 Å². The van der Waals surface area contributed by atoms with E-state index in [0.717, 1.165) is 33.9 Å². The molecule has 120 valence electrons. The molecule has 1 aromatic carbocycles. The first kappa shape index (κ1) is 15.9. The highest BCUT2D eigenvalue weighted by Gasteiger charge is 2.26. The number of carboxylic acid groups (broad SMARTS) is 1. The molecule has 0 unspecified atom stereocenters. The van der Waals surface area contributed by atoms with Crippen LogP contribution in [0.2, 0.25) is 0 Å². The first-order valence-electron chi connectivity index (χ1n) is 7.14. The number of thiophene rings is 1. The first-order chi connectivity index (χ1) is 11.1. The van der Waals surface area contributed by atoms with Crippen molar-refractivity contribution in [1.29, 1.82) is 0 Å². The third-order valence-electron chi connectivity index (χ3n) is 3.42. The van der Waals surface area contributed by atoms with Gasteiger partial charge in [-0.05, 0) is 29.7 Å². The molecule has 2 N–H and O–H groups in total. The van der Waals surface area contributed by atoms with Crippen molar-refractivity contribution in [1.82, 2.24) is 0 Å². The molecule has 0 fully saturated rings. The Kier molecular flexibility index (Phi) is 4.88. The van der Waals surface area contributed by atoms with Crippen LogP contribution in [0.1, 0.15) is 27.9 Å². The van der Waals surface area contributed by atoms with Crippen LogP contribution < -0.4 is 5.32 Å². The molecular weight excluding hydrogens is 334 g/mol. The maximum absolute atomic E-state index is 11.9. The highest BCUT2D eigenvalue weighted by atomic mass is 32.2. The Morgan fingerprint density at radius 1 is 1.26 bits per heavy atom. The second-order valence-electron chi connectivity index (χ2n) is 5.02. The highest BCUT2D eigenvalue weighted by Crippen LogP contribution is 2.43. The van der Waals surface area contributed by atoms with Gasteiger partial charge in [-0.15, -0.1) is 23.1 Å². The molecule has 23 heavy (non-hydrogen) atoms. The van der Waals surface area contributed by atoms with Crippen LogP contribution in [0.4, 0.5) is 9.80 Å². The molecule has 0 spiro atoms. The number of anilines is 1. The smallest absolute Gasteiger partial charge is 0.412 e. The molecule has 0 aliphatic carbocycles. The number of nitrogens with one attached hydrogen (secondary N) is 1. The van der Waals surface area contributed by atoms with Crippen molar-refractivity contribution in [3.8, 4) is 0 Å². The molecule has 0 saturated carbocycles. The number of ether oxygens (including phenoxy) is 1. The maximum Gasteiger partial charge on any atom is 0.412 e. The van der Waals surface area contributed by atoms with Gasteiger partial charge in [0.05, 0.1) is 9.77 Å². The second-order valence-corrected chi connectivity index (χ2v) is 7.40. The van der Waals surface area contributed by atoms with E-state index < -0.39 is 12.1 Å². The summed E-state index contributed by atoms with van der Waals surface area (Å²) in [6.07, 6.45) is 1.05. The monoisotopic (exact) mass is 349 g/mol. The summed E-state index contributed by atoms with van der Waals surface area (Å²) in [7, 11) is 0. The summed E-state index contributed by atoms with van der Waals surface area (Å²) in [6.45, 7) is 0.148. The van der Waals surface area contributed by atoms with Crippen molar-refractivity contribution in [2.24, 2.45) is 0 Å². The minimum absolute atomic E-state index is 0.148. The van der Waals surface area contributed by atoms with Crippen molar-refractivity contribution in [2.45, 2.75) is 23.7 Å². The number of carboxylic acids is 1. The Bertz CT molecular complexity index is 727. The largest absolute Gasteiger partial charge is 0.478 e. The molecule has 2 aromatic rings. The van der Waals surface area contributed by atoms with Crippen LogP contribution in [0.5, 0.6) is 0 Å². The van der Waals surface area contributed by atoms with Gasteiger partial charge in [-0.3, -0.25) is 5.32 Å². The van der Waals surface area contributed by atoms with Crippen LogP contribution in [-0.2, 0) is 17.8 Å². The fourth-order valence-corrected chi connectivity index (χ4v) is 4.92. The van der Waals surface area contributed by atoms with Crippen molar-refractivity contribution in [3.05, 3.63) is 47.0 Å². The van der Waals surface area contributed by atoms with Gasteiger partial charge in [0.25, 0.3) is 0 Å². The quantitative estimate of drug-likeness (QED) is 0.864. The highest BCUT2D eigenvalue weighted by molar-refractivity contribution is 8.01. The number of benzene rings is 1. The third kappa shape index (κ3) is 3.68. The average Bonchev–Trinajstić information content (AvgIpc) is 2.91. The number of hydrogen-bond donors (Lipinski definition) is 2. The summed E-state index contributed by atoms with van der Waals surface area (Å²) in [6, 6.07) is 9.33. The molecular formula is C16H15NO4S2. The number of amides is 1. The van der Waals surface area contributed by atoms with Crippen molar-refractivity contribution < 1.29 is 19.4 Å². The SMILES string of the molecule is O=C(Nc1sc2c(c1C(=O)O)CCCS2)OCc1ccccc1. The predicted octanol–water partition coefficient (Wildman–Crippen LogP) is 4.23. The molecule has 2 heterocycles. The number of hydrogen-bond acceptors (Lipinski definition) is 5. The fourth-order valence-electron chi connectivity index (χ4n) is 2.37. The topological polar surface area (TPSA) is 75.6 Å². The molecule has 5 nitrogen and oxygen atoms in total. The summed E-state index contributed by atoms with van der Waals surface area (Å²) in [5.41, 5.74) is 1.91. The van der Waals surface area contributed by atoms with Gasteiger partial charge in [0, 0.05) is 0 Å². The van der Waals surface area contributed by atoms with Crippen LogP contribution >= 0.6 is 23.1 Å². The lowest BCUT2D eigenvalue weighted by Gasteiger charge is -2.10. The van der Waals surface area contributed by atoms with E-state index in [0.29, 0.717) is 5.00 Å². The van der Waals surface area contributed by atoms with Gasteiger partial charge in [0.2, 0.25) is 0 Å². The van der Waals surface area contributed by atoms with E-state index in [1.165, 1.54) is 11.3 Å². The Morgan fingerprint density at radius 3 is 2.78 bits per heavy atom. The van der Waals surface area contributed by atoms with Crippen LogP contribution in [0.25, 0.3) is 0 Å². The molecule has 1 amide bonds. The zero-order chi connectivity index (χ0) is 16.2. The minimum Gasteiger partial charge on any atom is -0.478 e. The van der Waals surface area contributed by atoms with E-state index in [2.05, 4.69) is 5.32 Å². The van der Waals surface area contributed by atoms with Crippen LogP contribution in [0, 0.1) is 0 Å². The summed E-state index contributed by atoms with van der Waals surface area (Å²) in [5, 5.41) is 12.4. The summed E-state index contributed by atoms with van der Waals surface area (Å²) < 4.78 is 6.13. The predicted molar refractivity (Wildman–Crippen MR) is 90.6 cm³/mol. The van der Waals surface area contributed by atoms with Gasteiger partial charge in [-0.25, -0.2) is 9.59 Å². The van der Waals surface area contributed by atoms with Crippen LogP contribution in [-0.4, -0.2) is 22.9 Å². The van der Waals surface area contributed by atoms with E-state index in [1.807, 2.05) is 30.3 Å². The maximum atomic E-state index is 11.9. The number of carbonyl (C=O) groups excluding carboxylic acids is 1. The summed E-state index contributed by atoms with van der Waals surface area (Å²) >= 11 is 2.95. The molecule has 0 atom stereocenters. The number of thioether (sulfide) groups is 1. The van der Waals surface area contributed by atoms with Gasteiger partial charge >= 0.3 is 12.1 Å². The summed E-state index contributed by atoms with van der Waals surface area (Å²) in [4.78, 5) is 23.5. The lowest BCUT2D eigenvalue weighted by Crippen LogP contribution is -2.15. The van der Waals surface area contributed by atoms with Gasteiger partial charge in [-0.1, -0.05) is 30.3 Å². The normalized spacial score (nSPS) is 13.2. The molecule has 3 rings (SSSR count). The third-order valence-corrected chi connectivity index (χ3v) is 5.96. The Hall–Kier alpha value is -1.99. The molecule has 7 heteroatoms. The van der Waals surface area contributed by atoms with E-state index in [-0.39, 0.29) is 12.2 Å². The van der Waals surface area contributed by atoms with Crippen LogP contribution in [0.15, 0.2) is 34.5 Å². The van der Waals surface area contributed by atoms with E-state index >= 15 is 0 Å². The summed E-state index contributed by atoms with van der Waals surface area (Å²) in [5.74, 6) is -0.0341. The lowest BCUT2D eigenvalue weighted by atomic mass is 10.1.